The molecule has 0 radical (unpaired) electrons. The standard InChI is InChI=1S/C21H30N2O4/c1-21(2,3)27-19(24)17-13-23(14-17)18-9-11-22(12-10-18)20(25)26-15-16-7-5-4-6-8-16/h4-8,17-18H,9-15H2,1-3H3. The summed E-state index contributed by atoms with van der Waals surface area (Å²) in [6.07, 6.45) is 1.59. The molecule has 3 rings (SSSR count). The van der Waals surface area contributed by atoms with E-state index in [1.807, 2.05) is 51.1 Å². The first-order chi connectivity index (χ1) is 12.8. The van der Waals surface area contributed by atoms with Gasteiger partial charge in [-0.15, -0.1) is 0 Å². The van der Waals surface area contributed by atoms with Crippen LogP contribution in [0.4, 0.5) is 4.79 Å². The van der Waals surface area contributed by atoms with Crippen LogP contribution in [0.3, 0.4) is 0 Å². The van der Waals surface area contributed by atoms with Crippen molar-refractivity contribution in [1.82, 2.24) is 9.80 Å². The Morgan fingerprint density at radius 1 is 1.07 bits per heavy atom. The number of carbonyl (C=O) groups excluding carboxylic acids is 2. The van der Waals surface area contributed by atoms with E-state index < -0.39 is 5.60 Å². The van der Waals surface area contributed by atoms with Crippen LogP contribution in [-0.4, -0.2) is 59.7 Å². The minimum Gasteiger partial charge on any atom is -0.460 e. The molecule has 148 valence electrons. The van der Waals surface area contributed by atoms with Gasteiger partial charge in [0.05, 0.1) is 5.92 Å². The van der Waals surface area contributed by atoms with Gasteiger partial charge in [0.25, 0.3) is 0 Å². The van der Waals surface area contributed by atoms with Crippen molar-refractivity contribution in [3.8, 4) is 0 Å². The first-order valence-corrected chi connectivity index (χ1v) is 9.74. The van der Waals surface area contributed by atoms with Gasteiger partial charge in [-0.05, 0) is 39.2 Å². The van der Waals surface area contributed by atoms with Crippen LogP contribution in [0.25, 0.3) is 0 Å². The van der Waals surface area contributed by atoms with E-state index >= 15 is 0 Å². The molecule has 0 bridgehead atoms. The molecule has 2 heterocycles. The summed E-state index contributed by atoms with van der Waals surface area (Å²) in [6.45, 7) is 8.92. The van der Waals surface area contributed by atoms with Gasteiger partial charge in [0.15, 0.2) is 0 Å². The van der Waals surface area contributed by atoms with E-state index in [4.69, 9.17) is 9.47 Å². The van der Waals surface area contributed by atoms with Gasteiger partial charge >= 0.3 is 12.1 Å². The molecule has 0 unspecified atom stereocenters. The number of hydrogen-bond acceptors (Lipinski definition) is 5. The normalized spacial score (nSPS) is 19.4. The summed E-state index contributed by atoms with van der Waals surface area (Å²) in [5.74, 6) is -0.112. The number of benzene rings is 1. The molecule has 27 heavy (non-hydrogen) atoms. The SMILES string of the molecule is CC(C)(C)OC(=O)C1CN(C2CCN(C(=O)OCc3ccccc3)CC2)C1. The van der Waals surface area contributed by atoms with Crippen LogP contribution in [-0.2, 0) is 20.9 Å². The highest BCUT2D eigenvalue weighted by Gasteiger charge is 2.40. The van der Waals surface area contributed by atoms with Crippen LogP contribution < -0.4 is 0 Å². The van der Waals surface area contributed by atoms with Gasteiger partial charge in [0.2, 0.25) is 0 Å². The van der Waals surface area contributed by atoms with E-state index in [0.717, 1.165) is 31.5 Å². The average molecular weight is 374 g/mol. The van der Waals surface area contributed by atoms with Crippen LogP contribution in [0.15, 0.2) is 30.3 Å². The molecule has 1 aromatic rings. The topological polar surface area (TPSA) is 59.1 Å². The summed E-state index contributed by atoms with van der Waals surface area (Å²) >= 11 is 0. The highest BCUT2D eigenvalue weighted by atomic mass is 16.6. The van der Waals surface area contributed by atoms with Crippen molar-refractivity contribution in [2.45, 2.75) is 51.9 Å². The van der Waals surface area contributed by atoms with Gasteiger partial charge in [-0.1, -0.05) is 30.3 Å². The Kier molecular flexibility index (Phi) is 6.05. The number of amides is 1. The van der Waals surface area contributed by atoms with Crippen molar-refractivity contribution in [1.29, 1.82) is 0 Å². The smallest absolute Gasteiger partial charge is 0.410 e. The maximum absolute atomic E-state index is 12.2. The second kappa shape index (κ2) is 8.30. The molecule has 0 aromatic heterocycles. The highest BCUT2D eigenvalue weighted by molar-refractivity contribution is 5.74. The van der Waals surface area contributed by atoms with Gasteiger partial charge in [0.1, 0.15) is 12.2 Å². The monoisotopic (exact) mass is 374 g/mol. The van der Waals surface area contributed by atoms with Crippen molar-refractivity contribution in [2.24, 2.45) is 5.92 Å². The molecule has 1 amide bonds. The summed E-state index contributed by atoms with van der Waals surface area (Å²) in [7, 11) is 0. The Hall–Kier alpha value is -2.08. The maximum Gasteiger partial charge on any atom is 0.410 e. The van der Waals surface area contributed by atoms with Crippen molar-refractivity contribution in [3.63, 3.8) is 0 Å². The molecular formula is C21H30N2O4. The summed E-state index contributed by atoms with van der Waals surface area (Å²) in [6, 6.07) is 10.1. The molecule has 2 aliphatic heterocycles. The van der Waals surface area contributed by atoms with Crippen LogP contribution >= 0.6 is 0 Å². The van der Waals surface area contributed by atoms with E-state index in [2.05, 4.69) is 4.90 Å². The fourth-order valence-electron chi connectivity index (χ4n) is 3.57. The van der Waals surface area contributed by atoms with Crippen molar-refractivity contribution >= 4 is 12.1 Å². The minimum atomic E-state index is -0.428. The number of carbonyl (C=O) groups is 2. The van der Waals surface area contributed by atoms with E-state index in [1.165, 1.54) is 0 Å². The predicted molar refractivity (Wildman–Crippen MR) is 102 cm³/mol. The zero-order valence-corrected chi connectivity index (χ0v) is 16.5. The molecular weight excluding hydrogens is 344 g/mol. The van der Waals surface area contributed by atoms with E-state index in [-0.39, 0.29) is 18.0 Å². The predicted octanol–water partition coefficient (Wildman–Crippen LogP) is 3.06. The van der Waals surface area contributed by atoms with Gasteiger partial charge in [-0.3, -0.25) is 9.69 Å². The molecule has 2 saturated heterocycles. The molecule has 0 spiro atoms. The molecule has 0 saturated carbocycles. The van der Waals surface area contributed by atoms with E-state index in [9.17, 15) is 9.59 Å². The van der Waals surface area contributed by atoms with Crippen LogP contribution in [0, 0.1) is 5.92 Å². The lowest BCUT2D eigenvalue weighted by Crippen LogP contribution is -2.58. The lowest BCUT2D eigenvalue weighted by atomic mass is 9.93. The second-order valence-corrected chi connectivity index (χ2v) is 8.44. The maximum atomic E-state index is 12.2. The van der Waals surface area contributed by atoms with Crippen LogP contribution in [0.5, 0.6) is 0 Å². The third kappa shape index (κ3) is 5.45. The molecule has 6 nitrogen and oxygen atoms in total. The fraction of sp³-hybridized carbons (Fsp3) is 0.619. The zero-order valence-electron chi connectivity index (χ0n) is 16.5. The number of piperidine rings is 1. The third-order valence-electron chi connectivity index (χ3n) is 5.09. The number of rotatable bonds is 4. The average Bonchev–Trinajstić information content (AvgIpc) is 2.58. The summed E-state index contributed by atoms with van der Waals surface area (Å²) < 4.78 is 10.9. The van der Waals surface area contributed by atoms with Crippen LogP contribution in [0.1, 0.15) is 39.2 Å². The first kappa shape index (κ1) is 19.7. The molecule has 1 aromatic carbocycles. The highest BCUT2D eigenvalue weighted by Crippen LogP contribution is 2.27. The Morgan fingerprint density at radius 2 is 1.70 bits per heavy atom. The van der Waals surface area contributed by atoms with E-state index in [1.54, 1.807) is 4.90 Å². The Morgan fingerprint density at radius 3 is 2.30 bits per heavy atom. The lowest BCUT2D eigenvalue weighted by Gasteiger charge is -2.46. The number of nitrogens with zero attached hydrogens (tertiary/aromatic N) is 2. The molecule has 6 heteroatoms. The van der Waals surface area contributed by atoms with Crippen molar-refractivity contribution in [2.75, 3.05) is 26.2 Å². The Labute approximate surface area is 161 Å². The van der Waals surface area contributed by atoms with Gasteiger partial charge in [-0.2, -0.15) is 0 Å². The van der Waals surface area contributed by atoms with Gasteiger partial charge in [-0.25, -0.2) is 4.79 Å². The van der Waals surface area contributed by atoms with E-state index in [0.29, 0.717) is 25.7 Å². The zero-order chi connectivity index (χ0) is 19.4. The molecule has 0 aliphatic carbocycles. The Bertz CT molecular complexity index is 642. The molecule has 2 fully saturated rings. The quantitative estimate of drug-likeness (QED) is 0.758. The number of likely N-dealkylation sites (tertiary alicyclic amines) is 2. The molecule has 0 N–H and O–H groups in total. The van der Waals surface area contributed by atoms with Crippen molar-refractivity contribution in [3.05, 3.63) is 35.9 Å². The lowest BCUT2D eigenvalue weighted by molar-refractivity contribution is -0.167. The van der Waals surface area contributed by atoms with Gasteiger partial charge < -0.3 is 14.4 Å². The fourth-order valence-corrected chi connectivity index (χ4v) is 3.57. The number of hydrogen-bond donors (Lipinski definition) is 0. The van der Waals surface area contributed by atoms with Crippen LogP contribution in [0.2, 0.25) is 0 Å². The number of esters is 1. The Balaban J connectivity index is 1.36. The van der Waals surface area contributed by atoms with Crippen molar-refractivity contribution < 1.29 is 19.1 Å². The minimum absolute atomic E-state index is 0.0157. The largest absolute Gasteiger partial charge is 0.460 e. The molecule has 2 aliphatic rings. The third-order valence-corrected chi connectivity index (χ3v) is 5.09. The summed E-state index contributed by atoms with van der Waals surface area (Å²) in [5.41, 5.74) is 0.567. The number of ether oxygens (including phenoxy) is 2. The summed E-state index contributed by atoms with van der Waals surface area (Å²) in [5, 5.41) is 0. The second-order valence-electron chi connectivity index (χ2n) is 8.44. The first-order valence-electron chi connectivity index (χ1n) is 9.74. The molecule has 0 atom stereocenters. The summed E-state index contributed by atoms with van der Waals surface area (Å²) in [4.78, 5) is 28.4. The van der Waals surface area contributed by atoms with Gasteiger partial charge in [0, 0.05) is 32.2 Å².